The van der Waals surface area contributed by atoms with Crippen molar-refractivity contribution in [2.75, 3.05) is 0 Å². The zero-order valence-electron chi connectivity index (χ0n) is 18.5. The molecule has 0 aromatic heterocycles. The Morgan fingerprint density at radius 2 is 1.31 bits per heavy atom. The third-order valence-corrected chi connectivity index (χ3v) is 7.54. The van der Waals surface area contributed by atoms with Crippen molar-refractivity contribution in [3.05, 3.63) is 0 Å². The lowest BCUT2D eigenvalue weighted by molar-refractivity contribution is -0.315. The molecule has 2 aliphatic rings. The molecular weight excluding hydrogens is 437 g/mol. The minimum atomic E-state index is -1.91. The molecule has 2 heterocycles. The number of hydrogen-bond acceptors (Lipinski definition) is 5. The molecule has 29 heavy (non-hydrogen) atoms. The number of halogens is 3. The molecule has 0 aliphatic carbocycles. The van der Waals surface area contributed by atoms with Gasteiger partial charge in [-0.3, -0.25) is 5.41 Å². The lowest BCUT2D eigenvalue weighted by atomic mass is 9.78. The van der Waals surface area contributed by atoms with Crippen LogP contribution in [0.2, 0.25) is 0 Å². The SMILES string of the molecule is CCC1O[C@@H](O[C@H]2C(CC)O[C@@H](OC(=N)C(Cl)(Cl)Cl)C(C)[C@H]2C)C(C)[C@@H](C)[C@H]1C. The molecule has 0 saturated carbocycles. The van der Waals surface area contributed by atoms with Gasteiger partial charge < -0.3 is 18.9 Å². The van der Waals surface area contributed by atoms with Crippen LogP contribution in [-0.2, 0) is 18.9 Å². The first kappa shape index (κ1) is 25.5. The fourth-order valence-corrected chi connectivity index (χ4v) is 4.52. The molecule has 1 N–H and O–H groups in total. The Kier molecular flexibility index (Phi) is 8.98. The van der Waals surface area contributed by atoms with Crippen LogP contribution >= 0.6 is 34.8 Å². The number of ether oxygens (including phenoxy) is 4. The molecule has 2 saturated heterocycles. The lowest BCUT2D eigenvalue weighted by Crippen LogP contribution is -2.55. The Balaban J connectivity index is 2.12. The molecule has 2 fully saturated rings. The second-order valence-corrected chi connectivity index (χ2v) is 11.0. The van der Waals surface area contributed by atoms with E-state index in [0.29, 0.717) is 17.8 Å². The van der Waals surface area contributed by atoms with Crippen LogP contribution in [0.15, 0.2) is 0 Å². The Labute approximate surface area is 190 Å². The Morgan fingerprint density at radius 1 is 0.793 bits per heavy atom. The molecule has 2 rings (SSSR count). The van der Waals surface area contributed by atoms with Gasteiger partial charge >= 0.3 is 0 Å². The minimum Gasteiger partial charge on any atom is -0.448 e. The van der Waals surface area contributed by atoms with E-state index in [0.717, 1.165) is 12.8 Å². The van der Waals surface area contributed by atoms with E-state index in [2.05, 4.69) is 34.6 Å². The van der Waals surface area contributed by atoms with Crippen molar-refractivity contribution in [3.63, 3.8) is 0 Å². The quantitative estimate of drug-likeness (QED) is 0.294. The van der Waals surface area contributed by atoms with Crippen LogP contribution in [0.4, 0.5) is 0 Å². The van der Waals surface area contributed by atoms with Crippen molar-refractivity contribution < 1.29 is 18.9 Å². The zero-order valence-corrected chi connectivity index (χ0v) is 20.7. The number of rotatable bonds is 5. The highest BCUT2D eigenvalue weighted by Crippen LogP contribution is 2.41. The fraction of sp³-hybridized carbons (Fsp3) is 0.952. The van der Waals surface area contributed by atoms with Gasteiger partial charge in [-0.15, -0.1) is 0 Å². The molecule has 0 aromatic carbocycles. The molecule has 2 aliphatic heterocycles. The summed E-state index contributed by atoms with van der Waals surface area (Å²) in [7, 11) is 0. The van der Waals surface area contributed by atoms with E-state index >= 15 is 0 Å². The normalized spacial score (nSPS) is 43.8. The first-order valence-corrected chi connectivity index (χ1v) is 11.8. The summed E-state index contributed by atoms with van der Waals surface area (Å²) >= 11 is 17.3. The number of hydrogen-bond donors (Lipinski definition) is 1. The molecule has 4 unspecified atom stereocenters. The van der Waals surface area contributed by atoms with E-state index in [4.69, 9.17) is 59.2 Å². The third-order valence-electron chi connectivity index (χ3n) is 7.02. The first-order chi connectivity index (χ1) is 13.4. The van der Waals surface area contributed by atoms with Crippen molar-refractivity contribution >= 4 is 40.7 Å². The third kappa shape index (κ3) is 5.72. The summed E-state index contributed by atoms with van der Waals surface area (Å²) in [5.74, 6) is 0.941. The molecule has 10 atom stereocenters. The molecule has 0 radical (unpaired) electrons. The smallest absolute Gasteiger partial charge is 0.265 e. The van der Waals surface area contributed by atoms with Gasteiger partial charge in [0.2, 0.25) is 12.2 Å². The van der Waals surface area contributed by atoms with Gasteiger partial charge in [0.1, 0.15) is 0 Å². The Bertz CT molecular complexity index is 555. The van der Waals surface area contributed by atoms with Crippen molar-refractivity contribution in [1.29, 1.82) is 5.41 Å². The minimum absolute atomic E-state index is 0.0484. The molecule has 8 heteroatoms. The number of alkyl halides is 3. The van der Waals surface area contributed by atoms with Gasteiger partial charge in [-0.25, -0.2) is 0 Å². The van der Waals surface area contributed by atoms with E-state index in [1.54, 1.807) is 0 Å². The predicted molar refractivity (Wildman–Crippen MR) is 118 cm³/mol. The van der Waals surface area contributed by atoms with E-state index < -0.39 is 16.0 Å². The van der Waals surface area contributed by atoms with Crippen LogP contribution in [0.25, 0.3) is 0 Å². The van der Waals surface area contributed by atoms with Gasteiger partial charge in [0.25, 0.3) is 3.79 Å². The van der Waals surface area contributed by atoms with Gasteiger partial charge in [0.05, 0.1) is 18.3 Å². The van der Waals surface area contributed by atoms with Crippen LogP contribution in [0, 0.1) is 35.0 Å². The van der Waals surface area contributed by atoms with Crippen molar-refractivity contribution in [2.24, 2.45) is 29.6 Å². The molecule has 0 amide bonds. The maximum absolute atomic E-state index is 7.87. The second kappa shape index (κ2) is 10.2. The summed E-state index contributed by atoms with van der Waals surface area (Å²) in [6.45, 7) is 15.1. The van der Waals surface area contributed by atoms with Gasteiger partial charge in [-0.1, -0.05) is 83.3 Å². The first-order valence-electron chi connectivity index (χ1n) is 10.7. The second-order valence-electron chi connectivity index (χ2n) is 8.74. The zero-order chi connectivity index (χ0) is 22.1. The van der Waals surface area contributed by atoms with Crippen molar-refractivity contribution in [3.8, 4) is 0 Å². The van der Waals surface area contributed by atoms with Crippen molar-refractivity contribution in [1.82, 2.24) is 0 Å². The topological polar surface area (TPSA) is 60.8 Å². The Morgan fingerprint density at radius 3 is 1.83 bits per heavy atom. The highest BCUT2D eigenvalue weighted by Gasteiger charge is 2.47. The van der Waals surface area contributed by atoms with Crippen LogP contribution in [0.5, 0.6) is 0 Å². The number of nitrogens with one attached hydrogen (secondary N) is 1. The van der Waals surface area contributed by atoms with E-state index in [9.17, 15) is 0 Å². The predicted octanol–water partition coefficient (Wildman–Crippen LogP) is 6.19. The largest absolute Gasteiger partial charge is 0.448 e. The van der Waals surface area contributed by atoms with Gasteiger partial charge in [-0.05, 0) is 30.6 Å². The molecule has 0 spiro atoms. The average molecular weight is 473 g/mol. The van der Waals surface area contributed by atoms with Gasteiger partial charge in [0, 0.05) is 11.8 Å². The molecular formula is C21H36Cl3NO4. The van der Waals surface area contributed by atoms with Gasteiger partial charge in [0.15, 0.2) is 6.29 Å². The maximum atomic E-state index is 7.87. The summed E-state index contributed by atoms with van der Waals surface area (Å²) in [4.78, 5) is 0. The van der Waals surface area contributed by atoms with E-state index in [1.807, 2.05) is 13.8 Å². The summed E-state index contributed by atoms with van der Waals surface area (Å²) in [5.41, 5.74) is 0. The van der Waals surface area contributed by atoms with Crippen LogP contribution in [0.1, 0.15) is 61.3 Å². The van der Waals surface area contributed by atoms with Crippen LogP contribution in [0.3, 0.4) is 0 Å². The molecule has 0 aromatic rings. The summed E-state index contributed by atoms with van der Waals surface area (Å²) in [5, 5.41) is 7.87. The van der Waals surface area contributed by atoms with Crippen LogP contribution in [-0.4, -0.2) is 40.6 Å². The van der Waals surface area contributed by atoms with Gasteiger partial charge in [-0.2, -0.15) is 0 Å². The summed E-state index contributed by atoms with van der Waals surface area (Å²) in [6, 6.07) is 0. The highest BCUT2D eigenvalue weighted by atomic mass is 35.6. The maximum Gasteiger partial charge on any atom is 0.265 e. The standard InChI is InChI=1S/C21H36Cl3NO4/c1-8-15-11(4)10(3)13(6)18(26-15)28-17-12(5)14(7)19(27-16(17)9-2)29-20(25)21(22,23)24/h10-19,25H,8-9H2,1-7H3/t10-,11+,12+,13?,14?,15?,16?,17+,18-,19-/m0/s1. The van der Waals surface area contributed by atoms with Crippen LogP contribution < -0.4 is 0 Å². The molecule has 170 valence electrons. The van der Waals surface area contributed by atoms with E-state index in [-0.39, 0.29) is 36.4 Å². The molecule has 5 nitrogen and oxygen atoms in total. The summed E-state index contributed by atoms with van der Waals surface area (Å²) < 4.78 is 22.7. The van der Waals surface area contributed by atoms with Crippen molar-refractivity contribution in [2.45, 2.75) is 96.0 Å². The lowest BCUT2D eigenvalue weighted by Gasteiger charge is -2.49. The summed E-state index contributed by atoms with van der Waals surface area (Å²) in [6.07, 6.45) is 0.654. The monoisotopic (exact) mass is 471 g/mol. The molecule has 0 bridgehead atoms. The Hall–Kier alpha value is 0.220. The highest BCUT2D eigenvalue weighted by molar-refractivity contribution is 6.76. The van der Waals surface area contributed by atoms with E-state index in [1.165, 1.54) is 0 Å². The fourth-order valence-electron chi connectivity index (χ4n) is 4.38. The average Bonchev–Trinajstić information content (AvgIpc) is 2.66.